The predicted octanol–water partition coefficient (Wildman–Crippen LogP) is 0.198. The van der Waals surface area contributed by atoms with Gasteiger partial charge in [-0.2, -0.15) is 0 Å². The minimum Gasteiger partial charge on any atom is -0.481 e. The lowest BCUT2D eigenvalue weighted by molar-refractivity contribution is -0.138. The Hall–Kier alpha value is -1.47. The van der Waals surface area contributed by atoms with Crippen LogP contribution in [0.4, 0.5) is 0 Å². The van der Waals surface area contributed by atoms with Crippen molar-refractivity contribution in [2.75, 3.05) is 24.6 Å². The molecule has 0 aromatic carbocycles. The standard InChI is InChI=1S/C13H18N2O4S/c16-13(17)8-12-10-20(18,19)7-6-15(12)5-3-11-2-1-4-14-9-11/h1-2,4,9,12H,3,5-8,10H2,(H,16,17). The molecule has 0 bridgehead atoms. The summed E-state index contributed by atoms with van der Waals surface area (Å²) in [7, 11) is -3.11. The number of carboxylic acid groups (broad SMARTS) is 1. The Morgan fingerprint density at radius 3 is 2.95 bits per heavy atom. The fourth-order valence-corrected chi connectivity index (χ4v) is 4.02. The highest BCUT2D eigenvalue weighted by atomic mass is 32.2. The summed E-state index contributed by atoms with van der Waals surface area (Å²) >= 11 is 0. The second-order valence-corrected chi connectivity index (χ2v) is 7.24. The summed E-state index contributed by atoms with van der Waals surface area (Å²) in [5, 5.41) is 8.91. The Morgan fingerprint density at radius 2 is 2.30 bits per heavy atom. The van der Waals surface area contributed by atoms with Crippen LogP contribution in [0.5, 0.6) is 0 Å². The zero-order valence-corrected chi connectivity index (χ0v) is 11.9. The molecule has 1 atom stereocenters. The highest BCUT2D eigenvalue weighted by Crippen LogP contribution is 2.15. The molecule has 1 saturated heterocycles. The van der Waals surface area contributed by atoms with Crippen molar-refractivity contribution < 1.29 is 18.3 Å². The molecule has 1 aliphatic heterocycles. The first-order valence-corrected chi connectivity index (χ1v) is 8.33. The Morgan fingerprint density at radius 1 is 1.50 bits per heavy atom. The topological polar surface area (TPSA) is 87.6 Å². The second-order valence-electron chi connectivity index (χ2n) is 5.01. The number of nitrogens with zero attached hydrogens (tertiary/aromatic N) is 2. The summed E-state index contributed by atoms with van der Waals surface area (Å²) in [5.74, 6) is -0.916. The van der Waals surface area contributed by atoms with Gasteiger partial charge in [0.05, 0.1) is 17.9 Å². The molecule has 0 aliphatic carbocycles. The van der Waals surface area contributed by atoms with Crippen molar-refractivity contribution >= 4 is 15.8 Å². The molecule has 1 aliphatic rings. The van der Waals surface area contributed by atoms with Crippen LogP contribution in [0.2, 0.25) is 0 Å². The molecular weight excluding hydrogens is 280 g/mol. The van der Waals surface area contributed by atoms with Gasteiger partial charge >= 0.3 is 5.97 Å². The summed E-state index contributed by atoms with van der Waals surface area (Å²) in [6.07, 6.45) is 4.08. The van der Waals surface area contributed by atoms with Gasteiger partial charge in [-0.25, -0.2) is 8.42 Å². The van der Waals surface area contributed by atoms with E-state index in [1.54, 1.807) is 12.4 Å². The van der Waals surface area contributed by atoms with Gasteiger partial charge in [0.15, 0.2) is 9.84 Å². The van der Waals surface area contributed by atoms with Crippen LogP contribution in [0.25, 0.3) is 0 Å². The van der Waals surface area contributed by atoms with Crippen molar-refractivity contribution in [2.24, 2.45) is 0 Å². The van der Waals surface area contributed by atoms with Gasteiger partial charge < -0.3 is 5.11 Å². The first-order chi connectivity index (χ1) is 9.46. The van der Waals surface area contributed by atoms with Crippen molar-refractivity contribution in [3.63, 3.8) is 0 Å². The third-order valence-electron chi connectivity index (χ3n) is 3.47. The summed E-state index contributed by atoms with van der Waals surface area (Å²) in [6.45, 7) is 1.06. The molecule has 2 rings (SSSR count). The van der Waals surface area contributed by atoms with Crippen LogP contribution in [0.15, 0.2) is 24.5 Å². The smallest absolute Gasteiger partial charge is 0.304 e. The first-order valence-electron chi connectivity index (χ1n) is 6.51. The van der Waals surface area contributed by atoms with Gasteiger partial charge in [-0.3, -0.25) is 14.7 Å². The molecular formula is C13H18N2O4S. The highest BCUT2D eigenvalue weighted by Gasteiger charge is 2.32. The normalized spacial score (nSPS) is 22.5. The predicted molar refractivity (Wildman–Crippen MR) is 74.2 cm³/mol. The van der Waals surface area contributed by atoms with E-state index in [0.29, 0.717) is 13.1 Å². The zero-order chi connectivity index (χ0) is 14.6. The second kappa shape index (κ2) is 6.32. The van der Waals surface area contributed by atoms with E-state index in [0.717, 1.165) is 12.0 Å². The molecule has 6 nitrogen and oxygen atoms in total. The Kier molecular flexibility index (Phi) is 4.72. The summed E-state index contributed by atoms with van der Waals surface area (Å²) in [4.78, 5) is 16.9. The maximum absolute atomic E-state index is 11.6. The van der Waals surface area contributed by atoms with E-state index in [9.17, 15) is 13.2 Å². The van der Waals surface area contributed by atoms with E-state index < -0.39 is 21.8 Å². The minimum absolute atomic E-state index is 0.0632. The van der Waals surface area contributed by atoms with E-state index in [-0.39, 0.29) is 17.9 Å². The minimum atomic E-state index is -3.11. The monoisotopic (exact) mass is 298 g/mol. The number of pyridine rings is 1. The number of hydrogen-bond acceptors (Lipinski definition) is 5. The molecule has 2 heterocycles. The molecule has 0 amide bonds. The lowest BCUT2D eigenvalue weighted by atomic mass is 10.1. The third-order valence-corrected chi connectivity index (χ3v) is 5.17. The van der Waals surface area contributed by atoms with Gasteiger partial charge in [0.1, 0.15) is 0 Å². The maximum atomic E-state index is 11.6. The van der Waals surface area contributed by atoms with Gasteiger partial charge in [0.25, 0.3) is 0 Å². The Balaban J connectivity index is 1.99. The molecule has 110 valence electrons. The van der Waals surface area contributed by atoms with Gasteiger partial charge in [-0.05, 0) is 18.1 Å². The summed E-state index contributed by atoms with van der Waals surface area (Å²) < 4.78 is 23.3. The highest BCUT2D eigenvalue weighted by molar-refractivity contribution is 7.91. The Bertz CT molecular complexity index is 559. The van der Waals surface area contributed by atoms with Crippen molar-refractivity contribution in [3.8, 4) is 0 Å². The van der Waals surface area contributed by atoms with E-state index in [4.69, 9.17) is 5.11 Å². The van der Waals surface area contributed by atoms with Crippen LogP contribution >= 0.6 is 0 Å². The van der Waals surface area contributed by atoms with E-state index >= 15 is 0 Å². The fraction of sp³-hybridized carbons (Fsp3) is 0.538. The van der Waals surface area contributed by atoms with Crippen molar-refractivity contribution in [1.29, 1.82) is 0 Å². The van der Waals surface area contributed by atoms with Gasteiger partial charge in [0, 0.05) is 31.5 Å². The average Bonchev–Trinajstić information content (AvgIpc) is 2.37. The van der Waals surface area contributed by atoms with Crippen molar-refractivity contribution in [3.05, 3.63) is 30.1 Å². The quantitative estimate of drug-likeness (QED) is 0.835. The number of hydrogen-bond donors (Lipinski definition) is 1. The number of aromatic nitrogens is 1. The number of carboxylic acids is 1. The van der Waals surface area contributed by atoms with E-state index in [1.165, 1.54) is 0 Å². The molecule has 0 saturated carbocycles. The molecule has 7 heteroatoms. The average molecular weight is 298 g/mol. The molecule has 20 heavy (non-hydrogen) atoms. The molecule has 0 spiro atoms. The molecule has 1 aromatic heterocycles. The molecule has 1 N–H and O–H groups in total. The molecule has 0 radical (unpaired) electrons. The summed E-state index contributed by atoms with van der Waals surface area (Å²) in [5.41, 5.74) is 1.06. The maximum Gasteiger partial charge on any atom is 0.304 e. The van der Waals surface area contributed by atoms with E-state index in [1.807, 2.05) is 17.0 Å². The van der Waals surface area contributed by atoms with E-state index in [2.05, 4.69) is 4.98 Å². The molecule has 1 unspecified atom stereocenters. The first kappa shape index (κ1) is 14.9. The van der Waals surface area contributed by atoms with Gasteiger partial charge in [0.2, 0.25) is 0 Å². The van der Waals surface area contributed by atoms with Crippen molar-refractivity contribution in [2.45, 2.75) is 18.9 Å². The van der Waals surface area contributed by atoms with Crippen LogP contribution in [0.3, 0.4) is 0 Å². The zero-order valence-electron chi connectivity index (χ0n) is 11.1. The number of carbonyl (C=O) groups is 1. The molecule has 1 fully saturated rings. The van der Waals surface area contributed by atoms with Crippen molar-refractivity contribution in [1.82, 2.24) is 9.88 Å². The van der Waals surface area contributed by atoms with Gasteiger partial charge in [-0.1, -0.05) is 6.07 Å². The van der Waals surface area contributed by atoms with Crippen LogP contribution in [0, 0.1) is 0 Å². The summed E-state index contributed by atoms with van der Waals surface area (Å²) in [6, 6.07) is 3.38. The fourth-order valence-electron chi connectivity index (χ4n) is 2.42. The number of sulfone groups is 1. The van der Waals surface area contributed by atoms with Gasteiger partial charge in [-0.15, -0.1) is 0 Å². The largest absolute Gasteiger partial charge is 0.481 e. The third kappa shape index (κ3) is 4.28. The molecule has 1 aromatic rings. The number of aliphatic carboxylic acids is 1. The Labute approximate surface area is 118 Å². The lowest BCUT2D eigenvalue weighted by Gasteiger charge is -2.34. The van der Waals surface area contributed by atoms with Crippen LogP contribution < -0.4 is 0 Å². The number of rotatable bonds is 5. The van der Waals surface area contributed by atoms with Crippen LogP contribution in [-0.2, 0) is 21.1 Å². The lowest BCUT2D eigenvalue weighted by Crippen LogP contribution is -2.49. The SMILES string of the molecule is O=C(O)CC1CS(=O)(=O)CCN1CCc1cccnc1. The van der Waals surface area contributed by atoms with Crippen LogP contribution in [0.1, 0.15) is 12.0 Å². The van der Waals surface area contributed by atoms with Crippen LogP contribution in [-0.4, -0.2) is 60.0 Å².